The van der Waals surface area contributed by atoms with Crippen LogP contribution in [0.3, 0.4) is 0 Å². The van der Waals surface area contributed by atoms with Gasteiger partial charge in [-0.25, -0.2) is 0 Å². The molecule has 0 N–H and O–H groups in total. The summed E-state index contributed by atoms with van der Waals surface area (Å²) in [5.74, 6) is 0. The first kappa shape index (κ1) is 36.7. The van der Waals surface area contributed by atoms with E-state index in [9.17, 15) is 0 Å². The van der Waals surface area contributed by atoms with Gasteiger partial charge in [-0.15, -0.1) is 0 Å². The van der Waals surface area contributed by atoms with Gasteiger partial charge in [0, 0.05) is 7.05 Å². The zero-order valence-electron chi connectivity index (χ0n) is 27.8. The molecule has 0 aliphatic carbocycles. The van der Waals surface area contributed by atoms with Crippen molar-refractivity contribution in [2.45, 2.75) is 0 Å². The molecule has 1 heterocycles. The third-order valence-electron chi connectivity index (χ3n) is 8.16. The summed E-state index contributed by atoms with van der Waals surface area (Å²) >= 11 is 0.194. The molecule has 0 spiro atoms. The minimum absolute atomic E-state index is 0.194. The number of rotatable bonds is 10. The molecule has 0 fully saturated rings. The summed E-state index contributed by atoms with van der Waals surface area (Å²) in [5.41, 5.74) is 3.89. The molecule has 6 aromatic carbocycles. The molecule has 0 aliphatic rings. The zero-order valence-corrected chi connectivity index (χ0v) is 32.2. The van der Waals surface area contributed by atoms with Crippen LogP contribution in [0.25, 0.3) is 0 Å². The molecule has 51 heavy (non-hydrogen) atoms. The van der Waals surface area contributed by atoms with Crippen LogP contribution >= 0.6 is 36.0 Å². The van der Waals surface area contributed by atoms with Crippen LogP contribution in [-0.2, 0) is 20.2 Å². The van der Waals surface area contributed by atoms with E-state index in [0.717, 1.165) is 22.8 Å². The number of halogens is 2. The summed E-state index contributed by atoms with van der Waals surface area (Å²) < 4.78 is 2.11. The Kier molecular flexibility index (Phi) is 13.6. The average Bonchev–Trinajstić information content (AvgIpc) is 3.55. The van der Waals surface area contributed by atoms with Crippen LogP contribution in [0.4, 0.5) is 11.4 Å². The van der Waals surface area contributed by atoms with Crippen LogP contribution in [0, 0.1) is 0 Å². The van der Waals surface area contributed by atoms with E-state index >= 15 is 0 Å². The zero-order chi connectivity index (χ0) is 35.3. The Morgan fingerprint density at radius 1 is 0.412 bits per heavy atom. The van der Waals surface area contributed by atoms with Gasteiger partial charge in [-0.3, -0.25) is 9.98 Å². The van der Waals surface area contributed by atoms with Crippen molar-refractivity contribution in [3.8, 4) is 0 Å². The first-order valence-electron chi connectivity index (χ1n) is 16.2. The molecule has 3 nitrogen and oxygen atoms in total. The molecular formula is C43H35Cl2FeN3P2. The molecule has 0 saturated carbocycles. The van der Waals surface area contributed by atoms with Crippen LogP contribution < -0.4 is 31.8 Å². The predicted octanol–water partition coefficient (Wildman–Crippen LogP) is 9.42. The van der Waals surface area contributed by atoms with E-state index < -0.39 is 15.8 Å². The van der Waals surface area contributed by atoms with Gasteiger partial charge in [-0.1, -0.05) is 146 Å². The number of aliphatic imine (C=N–C) groups is 2. The van der Waals surface area contributed by atoms with Gasteiger partial charge in [0.2, 0.25) is 0 Å². The summed E-state index contributed by atoms with van der Waals surface area (Å²) in [6.07, 6.45) is 3.85. The molecule has 0 atom stereocenters. The Hall–Kier alpha value is -4.10. The Morgan fingerprint density at radius 3 is 0.941 bits per heavy atom. The van der Waals surface area contributed by atoms with Gasteiger partial charge in [0.05, 0.1) is 35.2 Å². The number of hydrogen-bond donors (Lipinski definition) is 0. The molecule has 8 heteroatoms. The van der Waals surface area contributed by atoms with E-state index in [-0.39, 0.29) is 13.1 Å². The summed E-state index contributed by atoms with van der Waals surface area (Å²) in [7, 11) is 10.3. The molecule has 7 rings (SSSR count). The maximum atomic E-state index is 4.81. The number of nitrogens with zero attached hydrogens (tertiary/aromatic N) is 3. The number of aromatic nitrogens is 1. The Balaban J connectivity index is 0.00000144. The summed E-state index contributed by atoms with van der Waals surface area (Å²) in [4.78, 5) is 9.62. The number of hydrogen-bond acceptors (Lipinski definition) is 2. The van der Waals surface area contributed by atoms with Crippen LogP contribution in [0.15, 0.2) is 192 Å². The van der Waals surface area contributed by atoms with Crippen molar-refractivity contribution in [2.75, 3.05) is 0 Å². The van der Waals surface area contributed by atoms with E-state index in [4.69, 9.17) is 30.2 Å². The van der Waals surface area contributed by atoms with Crippen LogP contribution in [0.2, 0.25) is 0 Å². The van der Waals surface area contributed by atoms with Crippen molar-refractivity contribution in [2.24, 2.45) is 17.0 Å². The quantitative estimate of drug-likeness (QED) is 0.0753. The normalized spacial score (nSPS) is 11.4. The Bertz CT molecular complexity index is 1910. The fourth-order valence-corrected chi connectivity index (χ4v) is 10.2. The first-order valence-corrected chi connectivity index (χ1v) is 22.0. The van der Waals surface area contributed by atoms with Crippen LogP contribution in [-0.4, -0.2) is 17.0 Å². The molecule has 0 unspecified atom stereocenters. The molecule has 0 saturated heterocycles. The second kappa shape index (κ2) is 18.9. The van der Waals surface area contributed by atoms with Crippen molar-refractivity contribution in [3.05, 3.63) is 193 Å². The minimum atomic E-state index is -0.634. The molecule has 254 valence electrons. The molecule has 1 aromatic heterocycles. The first-order chi connectivity index (χ1) is 25.1. The standard InChI is InChI=1S/C43H35N3P2.2ClH.Fe/c1-46-36(32-44-34-22-28-42(29-23-34)47(38-14-6-2-7-15-38)39-16-8-3-9-17-39)26-27-37(46)33-45-35-24-30-43(31-25-35)48(40-18-10-4-11-19-40)41-20-12-5-13-21-41;;;/h2-33H,1H3;2*1H;/q;;;+2/p-2. The third kappa shape index (κ3) is 9.82. The van der Waals surface area contributed by atoms with Gasteiger partial charge in [0.15, 0.2) is 0 Å². The van der Waals surface area contributed by atoms with Gasteiger partial charge >= 0.3 is 33.3 Å². The summed E-state index contributed by atoms with van der Waals surface area (Å²) in [5, 5.41) is 7.98. The fourth-order valence-electron chi connectivity index (χ4n) is 5.66. The monoisotopic (exact) mass is 781 g/mol. The topological polar surface area (TPSA) is 29.6 Å². The SMILES string of the molecule is Cn1c(C=Nc2ccc(P(c3ccccc3)c3ccccc3)cc2)ccc1C=Nc1ccc(P(c2ccccc2)c2ccccc2)cc1.[Cl][Fe][Cl]. The molecule has 0 bridgehead atoms. The van der Waals surface area contributed by atoms with Crippen LogP contribution in [0.5, 0.6) is 0 Å². The van der Waals surface area contributed by atoms with E-state index in [0.29, 0.717) is 0 Å². The Morgan fingerprint density at radius 2 is 0.667 bits per heavy atom. The molecule has 0 amide bonds. The van der Waals surface area contributed by atoms with Crippen molar-refractivity contribution in [1.29, 1.82) is 0 Å². The van der Waals surface area contributed by atoms with Crippen molar-refractivity contribution in [3.63, 3.8) is 0 Å². The summed E-state index contributed by atoms with van der Waals surface area (Å²) in [6.45, 7) is 0. The predicted molar refractivity (Wildman–Crippen MR) is 222 cm³/mol. The fraction of sp³-hybridized carbons (Fsp3) is 0.0233. The number of benzene rings is 6. The third-order valence-corrected chi connectivity index (χ3v) is 13.1. The second-order valence-electron chi connectivity index (χ2n) is 11.4. The molecule has 0 aliphatic heterocycles. The van der Waals surface area contributed by atoms with E-state index in [1.807, 2.05) is 12.4 Å². The van der Waals surface area contributed by atoms with Gasteiger partial charge in [0.25, 0.3) is 0 Å². The van der Waals surface area contributed by atoms with E-state index in [1.54, 1.807) is 0 Å². The average molecular weight is 782 g/mol. The van der Waals surface area contributed by atoms with E-state index in [1.165, 1.54) is 31.8 Å². The van der Waals surface area contributed by atoms with Gasteiger partial charge < -0.3 is 4.57 Å². The van der Waals surface area contributed by atoms with Gasteiger partial charge in [-0.05, 0) is 84.1 Å². The second-order valence-corrected chi connectivity index (χ2v) is 17.6. The van der Waals surface area contributed by atoms with E-state index in [2.05, 4.69) is 194 Å². The maximum absolute atomic E-state index is 4.81. The van der Waals surface area contributed by atoms with Crippen molar-refractivity contribution in [1.82, 2.24) is 4.57 Å². The molecule has 7 aromatic rings. The summed E-state index contributed by atoms with van der Waals surface area (Å²) in [6, 6.07) is 64.6. The van der Waals surface area contributed by atoms with Crippen molar-refractivity contribution < 1.29 is 13.1 Å². The van der Waals surface area contributed by atoms with Crippen LogP contribution in [0.1, 0.15) is 11.4 Å². The van der Waals surface area contributed by atoms with Gasteiger partial charge in [-0.2, -0.15) is 0 Å². The van der Waals surface area contributed by atoms with Gasteiger partial charge in [0.1, 0.15) is 0 Å². The molecule has 0 radical (unpaired) electrons. The molecular weight excluding hydrogens is 747 g/mol. The van der Waals surface area contributed by atoms with Crippen molar-refractivity contribution >= 4 is 91.7 Å². The Labute approximate surface area is 317 Å².